The van der Waals surface area contributed by atoms with Gasteiger partial charge in [0.2, 0.25) is 5.95 Å². The second-order valence-electron chi connectivity index (χ2n) is 3.76. The zero-order valence-corrected chi connectivity index (χ0v) is 9.44. The predicted molar refractivity (Wildman–Crippen MR) is 64.9 cm³/mol. The highest BCUT2D eigenvalue weighted by atomic mass is 19.1. The maximum absolute atomic E-state index is 13.3. The molecule has 1 aromatic carbocycles. The van der Waals surface area contributed by atoms with E-state index >= 15 is 0 Å². The number of aromatic nitrogens is 2. The lowest BCUT2D eigenvalue weighted by molar-refractivity contribution is 0.617. The summed E-state index contributed by atoms with van der Waals surface area (Å²) in [5.74, 6) is -0.331. The van der Waals surface area contributed by atoms with Crippen LogP contribution in [0.5, 0.6) is 0 Å². The molecular formula is C12H13FN4. The third-order valence-corrected chi connectivity index (χ3v) is 2.34. The van der Waals surface area contributed by atoms with Gasteiger partial charge in [-0.15, -0.1) is 0 Å². The van der Waals surface area contributed by atoms with Crippen LogP contribution in [0.2, 0.25) is 0 Å². The van der Waals surface area contributed by atoms with Crippen LogP contribution in [-0.2, 0) is 6.54 Å². The van der Waals surface area contributed by atoms with Gasteiger partial charge in [-0.2, -0.15) is 4.98 Å². The third-order valence-electron chi connectivity index (χ3n) is 2.34. The van der Waals surface area contributed by atoms with E-state index < -0.39 is 5.82 Å². The number of hydrogen-bond donors (Lipinski definition) is 2. The Balaban J connectivity index is 2.07. The number of aryl methyl sites for hydroxylation is 1. The Bertz CT molecular complexity index is 510. The van der Waals surface area contributed by atoms with Gasteiger partial charge in [0.15, 0.2) is 11.6 Å². The van der Waals surface area contributed by atoms with Gasteiger partial charge in [0.1, 0.15) is 0 Å². The van der Waals surface area contributed by atoms with Crippen LogP contribution in [0.3, 0.4) is 0 Å². The lowest BCUT2D eigenvalue weighted by Gasteiger charge is -2.07. The van der Waals surface area contributed by atoms with Crippen molar-refractivity contribution in [2.75, 3.05) is 11.1 Å². The fourth-order valence-corrected chi connectivity index (χ4v) is 1.40. The molecule has 0 aliphatic heterocycles. The zero-order valence-electron chi connectivity index (χ0n) is 9.44. The highest BCUT2D eigenvalue weighted by Gasteiger charge is 2.04. The maximum atomic E-state index is 13.3. The van der Waals surface area contributed by atoms with E-state index in [9.17, 15) is 4.39 Å². The van der Waals surface area contributed by atoms with E-state index in [0.717, 1.165) is 11.8 Å². The van der Waals surface area contributed by atoms with Gasteiger partial charge in [0, 0.05) is 6.54 Å². The van der Waals surface area contributed by atoms with Crippen LogP contribution in [0.1, 0.15) is 11.1 Å². The Hall–Kier alpha value is -2.17. The molecule has 0 saturated carbocycles. The molecule has 0 aliphatic carbocycles. The zero-order chi connectivity index (χ0) is 12.3. The Morgan fingerprint density at radius 1 is 1.29 bits per heavy atom. The smallest absolute Gasteiger partial charge is 0.222 e. The summed E-state index contributed by atoms with van der Waals surface area (Å²) in [6, 6.07) is 7.96. The quantitative estimate of drug-likeness (QED) is 0.850. The van der Waals surface area contributed by atoms with Gasteiger partial charge in [-0.1, -0.05) is 29.8 Å². The first-order valence-corrected chi connectivity index (χ1v) is 5.22. The Morgan fingerprint density at radius 2 is 2.00 bits per heavy atom. The van der Waals surface area contributed by atoms with Crippen molar-refractivity contribution in [1.29, 1.82) is 0 Å². The number of nitrogens with one attached hydrogen (secondary N) is 1. The van der Waals surface area contributed by atoms with Crippen molar-refractivity contribution in [3.63, 3.8) is 0 Å². The summed E-state index contributed by atoms with van der Waals surface area (Å²) in [6.07, 6.45) is 1.06. The summed E-state index contributed by atoms with van der Waals surface area (Å²) in [7, 11) is 0. The molecule has 1 heterocycles. The molecule has 0 amide bonds. The van der Waals surface area contributed by atoms with Gasteiger partial charge in [0.05, 0.1) is 6.20 Å². The van der Waals surface area contributed by atoms with Crippen molar-refractivity contribution in [2.24, 2.45) is 0 Å². The van der Waals surface area contributed by atoms with Crippen molar-refractivity contribution in [1.82, 2.24) is 9.97 Å². The molecule has 0 radical (unpaired) electrons. The molecular weight excluding hydrogens is 219 g/mol. The molecule has 88 valence electrons. The lowest BCUT2D eigenvalue weighted by atomic mass is 10.1. The summed E-state index contributed by atoms with van der Waals surface area (Å²) in [5, 5.41) is 2.88. The first-order chi connectivity index (χ1) is 8.15. The lowest BCUT2D eigenvalue weighted by Crippen LogP contribution is -2.06. The van der Waals surface area contributed by atoms with E-state index in [1.807, 2.05) is 31.2 Å². The largest absolute Gasteiger partial charge is 0.368 e. The minimum Gasteiger partial charge on any atom is -0.368 e. The molecule has 0 spiro atoms. The van der Waals surface area contributed by atoms with Crippen LogP contribution in [-0.4, -0.2) is 9.97 Å². The van der Waals surface area contributed by atoms with Crippen molar-refractivity contribution in [2.45, 2.75) is 13.5 Å². The summed E-state index contributed by atoms with van der Waals surface area (Å²) < 4.78 is 13.3. The van der Waals surface area contributed by atoms with E-state index in [1.165, 1.54) is 5.56 Å². The van der Waals surface area contributed by atoms with Crippen molar-refractivity contribution >= 4 is 11.8 Å². The van der Waals surface area contributed by atoms with Gasteiger partial charge in [-0.25, -0.2) is 9.37 Å². The minimum atomic E-state index is -0.508. The van der Waals surface area contributed by atoms with Crippen molar-refractivity contribution in [3.05, 3.63) is 47.4 Å². The van der Waals surface area contributed by atoms with Gasteiger partial charge >= 0.3 is 0 Å². The molecule has 4 nitrogen and oxygen atoms in total. The summed E-state index contributed by atoms with van der Waals surface area (Å²) in [4.78, 5) is 7.34. The average molecular weight is 232 g/mol. The summed E-state index contributed by atoms with van der Waals surface area (Å²) in [5.41, 5.74) is 7.62. The normalized spacial score (nSPS) is 10.2. The van der Waals surface area contributed by atoms with Crippen LogP contribution >= 0.6 is 0 Å². The highest BCUT2D eigenvalue weighted by molar-refractivity contribution is 5.40. The van der Waals surface area contributed by atoms with Gasteiger partial charge in [0.25, 0.3) is 0 Å². The monoisotopic (exact) mass is 232 g/mol. The standard InChI is InChI=1S/C12H13FN4/c1-8-2-4-9(5-3-8)6-15-11-10(13)7-16-12(14)17-11/h2-5,7H,6H2,1H3,(H3,14,15,16,17). The Labute approximate surface area is 98.7 Å². The molecule has 0 aliphatic rings. The molecule has 1 aromatic heterocycles. The third kappa shape index (κ3) is 2.90. The first-order valence-electron chi connectivity index (χ1n) is 5.22. The first kappa shape index (κ1) is 11.3. The number of benzene rings is 1. The fourth-order valence-electron chi connectivity index (χ4n) is 1.40. The molecule has 5 heteroatoms. The number of nitrogens with two attached hydrogens (primary N) is 1. The number of halogens is 1. The molecule has 0 saturated heterocycles. The van der Waals surface area contributed by atoms with E-state index in [-0.39, 0.29) is 11.8 Å². The van der Waals surface area contributed by atoms with E-state index in [1.54, 1.807) is 0 Å². The second-order valence-corrected chi connectivity index (χ2v) is 3.76. The summed E-state index contributed by atoms with van der Waals surface area (Å²) >= 11 is 0. The molecule has 17 heavy (non-hydrogen) atoms. The predicted octanol–water partition coefficient (Wildman–Crippen LogP) is 2.12. The van der Waals surface area contributed by atoms with Gasteiger partial charge < -0.3 is 11.1 Å². The maximum Gasteiger partial charge on any atom is 0.222 e. The molecule has 0 bridgehead atoms. The number of nitrogens with zero attached hydrogens (tertiary/aromatic N) is 2. The van der Waals surface area contributed by atoms with Gasteiger partial charge in [-0.05, 0) is 12.5 Å². The molecule has 3 N–H and O–H groups in total. The fraction of sp³-hybridized carbons (Fsp3) is 0.167. The topological polar surface area (TPSA) is 63.8 Å². The number of hydrogen-bond acceptors (Lipinski definition) is 4. The van der Waals surface area contributed by atoms with Crippen LogP contribution in [0.25, 0.3) is 0 Å². The van der Waals surface area contributed by atoms with E-state index in [2.05, 4.69) is 15.3 Å². The average Bonchev–Trinajstić information content (AvgIpc) is 2.32. The number of nitrogen functional groups attached to an aromatic ring is 1. The molecule has 0 atom stereocenters. The van der Waals surface area contributed by atoms with Crippen LogP contribution < -0.4 is 11.1 Å². The van der Waals surface area contributed by atoms with Crippen molar-refractivity contribution < 1.29 is 4.39 Å². The highest BCUT2D eigenvalue weighted by Crippen LogP contribution is 2.12. The molecule has 2 aromatic rings. The molecule has 0 fully saturated rings. The van der Waals surface area contributed by atoms with Crippen LogP contribution in [0.15, 0.2) is 30.5 Å². The second kappa shape index (κ2) is 4.78. The van der Waals surface area contributed by atoms with Crippen LogP contribution in [0.4, 0.5) is 16.2 Å². The summed E-state index contributed by atoms with van der Waals surface area (Å²) in [6.45, 7) is 2.51. The molecule has 2 rings (SSSR count). The van der Waals surface area contributed by atoms with E-state index in [4.69, 9.17) is 5.73 Å². The van der Waals surface area contributed by atoms with E-state index in [0.29, 0.717) is 6.54 Å². The number of anilines is 2. The Morgan fingerprint density at radius 3 is 2.71 bits per heavy atom. The van der Waals surface area contributed by atoms with Crippen LogP contribution in [0, 0.1) is 12.7 Å². The molecule has 0 unspecified atom stereocenters. The number of rotatable bonds is 3. The van der Waals surface area contributed by atoms with Crippen molar-refractivity contribution in [3.8, 4) is 0 Å². The SMILES string of the molecule is Cc1ccc(CNc2nc(N)ncc2F)cc1. The van der Waals surface area contributed by atoms with Gasteiger partial charge in [-0.3, -0.25) is 0 Å². The minimum absolute atomic E-state index is 0.0535. The Kier molecular flexibility index (Phi) is 3.18.